The fourth-order valence-corrected chi connectivity index (χ4v) is 1.92. The predicted octanol–water partition coefficient (Wildman–Crippen LogP) is 2.08. The van der Waals surface area contributed by atoms with E-state index in [2.05, 4.69) is 9.97 Å². The van der Waals surface area contributed by atoms with Crippen LogP contribution in [0, 0.1) is 11.3 Å². The average molecular weight is 228 g/mol. The van der Waals surface area contributed by atoms with Crippen molar-refractivity contribution in [2.24, 2.45) is 0 Å². The molecule has 2 aromatic heterocycles. The van der Waals surface area contributed by atoms with Gasteiger partial charge in [-0.3, -0.25) is 4.98 Å². The molecular formula is C11H8N4S. The van der Waals surface area contributed by atoms with Gasteiger partial charge in [-0.25, -0.2) is 4.98 Å². The lowest BCUT2D eigenvalue weighted by Crippen LogP contribution is -1.89. The summed E-state index contributed by atoms with van der Waals surface area (Å²) in [6.07, 6.45) is 4.96. The summed E-state index contributed by atoms with van der Waals surface area (Å²) in [5.74, 6) is 0. The number of nitrogens with two attached hydrogens (primary N) is 1. The Morgan fingerprint density at radius 1 is 1.25 bits per heavy atom. The Morgan fingerprint density at radius 3 is 2.75 bits per heavy atom. The molecule has 4 nitrogen and oxygen atoms in total. The third-order valence-electron chi connectivity index (χ3n) is 1.89. The SMILES string of the molecule is N#Cc1ccc(Sc2ccncc2N)cn1. The van der Waals surface area contributed by atoms with Crippen molar-refractivity contribution in [2.45, 2.75) is 9.79 Å². The summed E-state index contributed by atoms with van der Waals surface area (Å²) in [7, 11) is 0. The van der Waals surface area contributed by atoms with E-state index in [1.165, 1.54) is 11.8 Å². The molecule has 0 aliphatic carbocycles. The Balaban J connectivity index is 2.22. The van der Waals surface area contributed by atoms with Gasteiger partial charge in [0.1, 0.15) is 11.8 Å². The smallest absolute Gasteiger partial charge is 0.140 e. The van der Waals surface area contributed by atoms with Gasteiger partial charge >= 0.3 is 0 Å². The van der Waals surface area contributed by atoms with E-state index >= 15 is 0 Å². The Labute approximate surface area is 97.1 Å². The van der Waals surface area contributed by atoms with Crippen LogP contribution in [0.25, 0.3) is 0 Å². The lowest BCUT2D eigenvalue weighted by Gasteiger charge is -2.03. The van der Waals surface area contributed by atoms with Crippen LogP contribution >= 0.6 is 11.8 Å². The molecule has 2 heterocycles. The molecule has 0 aliphatic heterocycles. The number of rotatable bonds is 2. The van der Waals surface area contributed by atoms with Gasteiger partial charge in [0.25, 0.3) is 0 Å². The molecule has 78 valence electrons. The first-order chi connectivity index (χ1) is 7.79. The van der Waals surface area contributed by atoms with Gasteiger partial charge < -0.3 is 5.73 Å². The summed E-state index contributed by atoms with van der Waals surface area (Å²) >= 11 is 1.50. The fourth-order valence-electron chi connectivity index (χ4n) is 1.12. The Bertz CT molecular complexity index is 530. The van der Waals surface area contributed by atoms with Crippen molar-refractivity contribution in [1.82, 2.24) is 9.97 Å². The summed E-state index contributed by atoms with van der Waals surface area (Å²) in [6, 6.07) is 7.34. The number of anilines is 1. The highest BCUT2D eigenvalue weighted by molar-refractivity contribution is 7.99. The normalized spacial score (nSPS) is 9.69. The third kappa shape index (κ3) is 2.30. The maximum absolute atomic E-state index is 8.61. The van der Waals surface area contributed by atoms with Gasteiger partial charge in [-0.05, 0) is 18.2 Å². The maximum atomic E-state index is 8.61. The molecule has 0 atom stereocenters. The highest BCUT2D eigenvalue weighted by atomic mass is 32.2. The minimum Gasteiger partial charge on any atom is -0.397 e. The second-order valence-corrected chi connectivity index (χ2v) is 4.12. The van der Waals surface area contributed by atoms with Gasteiger partial charge in [0.2, 0.25) is 0 Å². The molecule has 0 saturated heterocycles. The molecule has 0 unspecified atom stereocenters. The van der Waals surface area contributed by atoms with Gasteiger partial charge in [-0.15, -0.1) is 0 Å². The monoisotopic (exact) mass is 228 g/mol. The number of hydrogen-bond donors (Lipinski definition) is 1. The molecule has 2 N–H and O–H groups in total. The minimum absolute atomic E-state index is 0.409. The van der Waals surface area contributed by atoms with E-state index in [1.54, 1.807) is 24.7 Å². The summed E-state index contributed by atoms with van der Waals surface area (Å²) in [4.78, 5) is 9.78. The van der Waals surface area contributed by atoms with Crippen LogP contribution in [0.3, 0.4) is 0 Å². The van der Waals surface area contributed by atoms with Crippen molar-refractivity contribution < 1.29 is 0 Å². The van der Waals surface area contributed by atoms with Crippen LogP contribution in [-0.2, 0) is 0 Å². The third-order valence-corrected chi connectivity index (χ3v) is 2.96. The number of aromatic nitrogens is 2. The number of nitrogen functional groups attached to an aromatic ring is 1. The minimum atomic E-state index is 0.409. The van der Waals surface area contributed by atoms with Gasteiger partial charge in [-0.2, -0.15) is 5.26 Å². The Hall–Kier alpha value is -2.06. The zero-order valence-electron chi connectivity index (χ0n) is 8.29. The van der Waals surface area contributed by atoms with Gasteiger partial charge in [0, 0.05) is 22.2 Å². The summed E-state index contributed by atoms with van der Waals surface area (Å²) in [6.45, 7) is 0. The highest BCUT2D eigenvalue weighted by Crippen LogP contribution is 2.30. The molecule has 2 rings (SSSR count). The van der Waals surface area contributed by atoms with Crippen molar-refractivity contribution in [2.75, 3.05) is 5.73 Å². The highest BCUT2D eigenvalue weighted by Gasteiger charge is 2.01. The molecule has 0 radical (unpaired) electrons. The van der Waals surface area contributed by atoms with E-state index in [9.17, 15) is 0 Å². The molecule has 16 heavy (non-hydrogen) atoms. The van der Waals surface area contributed by atoms with Gasteiger partial charge in [-0.1, -0.05) is 11.8 Å². The van der Waals surface area contributed by atoms with Gasteiger partial charge in [0.15, 0.2) is 0 Å². The fraction of sp³-hybridized carbons (Fsp3) is 0. The zero-order chi connectivity index (χ0) is 11.4. The lowest BCUT2D eigenvalue weighted by molar-refractivity contribution is 1.19. The molecule has 5 heteroatoms. The molecule has 0 bridgehead atoms. The first kappa shape index (κ1) is 10.5. The largest absolute Gasteiger partial charge is 0.397 e. The first-order valence-corrected chi connectivity index (χ1v) is 5.35. The summed E-state index contributed by atoms with van der Waals surface area (Å²) < 4.78 is 0. The number of pyridine rings is 2. The van der Waals surface area contributed by atoms with Crippen LogP contribution in [-0.4, -0.2) is 9.97 Å². The molecule has 0 spiro atoms. The molecule has 2 aromatic rings. The van der Waals surface area contributed by atoms with E-state index < -0.39 is 0 Å². The van der Waals surface area contributed by atoms with Crippen molar-refractivity contribution in [1.29, 1.82) is 5.26 Å². The molecular weight excluding hydrogens is 220 g/mol. The second-order valence-electron chi connectivity index (χ2n) is 3.01. The van der Waals surface area contributed by atoms with Crippen LogP contribution in [0.4, 0.5) is 5.69 Å². The van der Waals surface area contributed by atoms with Crippen LogP contribution in [0.1, 0.15) is 5.69 Å². The van der Waals surface area contributed by atoms with Crippen LogP contribution in [0.2, 0.25) is 0 Å². The number of hydrogen-bond acceptors (Lipinski definition) is 5. The predicted molar refractivity (Wildman–Crippen MR) is 61.7 cm³/mol. The van der Waals surface area contributed by atoms with Crippen LogP contribution < -0.4 is 5.73 Å². The topological polar surface area (TPSA) is 75.6 Å². The van der Waals surface area contributed by atoms with Crippen molar-refractivity contribution in [3.05, 3.63) is 42.5 Å². The Morgan fingerprint density at radius 2 is 2.12 bits per heavy atom. The number of nitriles is 1. The van der Waals surface area contributed by atoms with Crippen LogP contribution in [0.15, 0.2) is 46.6 Å². The molecule has 0 saturated carbocycles. The average Bonchev–Trinajstić information content (AvgIpc) is 2.33. The summed E-state index contributed by atoms with van der Waals surface area (Å²) in [5, 5.41) is 8.61. The lowest BCUT2D eigenvalue weighted by atomic mass is 10.4. The zero-order valence-corrected chi connectivity index (χ0v) is 9.11. The number of nitrogens with zero attached hydrogens (tertiary/aromatic N) is 3. The molecule has 0 fully saturated rings. The van der Waals surface area contributed by atoms with E-state index in [0.717, 1.165) is 9.79 Å². The quantitative estimate of drug-likeness (QED) is 0.851. The van der Waals surface area contributed by atoms with E-state index in [4.69, 9.17) is 11.0 Å². The Kier molecular flexibility index (Phi) is 3.03. The maximum Gasteiger partial charge on any atom is 0.140 e. The molecule has 0 aliphatic rings. The molecule has 0 aromatic carbocycles. The van der Waals surface area contributed by atoms with E-state index in [-0.39, 0.29) is 0 Å². The summed E-state index contributed by atoms with van der Waals surface area (Å²) in [5.41, 5.74) is 6.81. The standard InChI is InChI=1S/C11H8N4S/c12-5-8-1-2-9(6-15-8)16-11-3-4-14-7-10(11)13/h1-4,6-7H,13H2. The van der Waals surface area contributed by atoms with Gasteiger partial charge in [0.05, 0.1) is 11.9 Å². The van der Waals surface area contributed by atoms with Crippen LogP contribution in [0.5, 0.6) is 0 Å². The molecule has 0 amide bonds. The second kappa shape index (κ2) is 4.64. The van der Waals surface area contributed by atoms with Crippen molar-refractivity contribution >= 4 is 17.4 Å². The van der Waals surface area contributed by atoms with E-state index in [0.29, 0.717) is 11.4 Å². The van der Waals surface area contributed by atoms with E-state index in [1.807, 2.05) is 18.2 Å². The van der Waals surface area contributed by atoms with Crippen molar-refractivity contribution in [3.63, 3.8) is 0 Å². The first-order valence-electron chi connectivity index (χ1n) is 4.53. The van der Waals surface area contributed by atoms with Crippen molar-refractivity contribution in [3.8, 4) is 6.07 Å².